The van der Waals surface area contributed by atoms with Gasteiger partial charge in [-0.3, -0.25) is 4.79 Å². The molecule has 0 heterocycles. The van der Waals surface area contributed by atoms with Crippen LogP contribution >= 0.6 is 0 Å². The van der Waals surface area contributed by atoms with Crippen molar-refractivity contribution in [3.8, 4) is 5.75 Å². The Bertz CT molecular complexity index is 383. The van der Waals surface area contributed by atoms with Crippen LogP contribution in [0.3, 0.4) is 0 Å². The average Bonchev–Trinajstić information content (AvgIpc) is 2.26. The number of carboxylic acid groups (broad SMARTS) is 1. The molecule has 1 atom stereocenters. The first kappa shape index (κ1) is 12.6. The Morgan fingerprint density at radius 2 is 1.94 bits per heavy atom. The molecule has 1 rings (SSSR count). The maximum atomic E-state index is 11.0. The summed E-state index contributed by atoms with van der Waals surface area (Å²) >= 11 is 0. The average molecular weight is 222 g/mol. The molecule has 0 aliphatic rings. The SMILES string of the molecule is COc1ccc(C(C)C)cc1C(C)C(=O)O. The Balaban J connectivity index is 3.21. The molecule has 0 aromatic heterocycles. The topological polar surface area (TPSA) is 46.5 Å². The van der Waals surface area contributed by atoms with Gasteiger partial charge in [0.05, 0.1) is 13.0 Å². The largest absolute Gasteiger partial charge is 0.496 e. The summed E-state index contributed by atoms with van der Waals surface area (Å²) in [6.45, 7) is 5.83. The third kappa shape index (κ3) is 2.54. The number of benzene rings is 1. The summed E-state index contributed by atoms with van der Waals surface area (Å²) in [7, 11) is 1.56. The van der Waals surface area contributed by atoms with Gasteiger partial charge in [0.25, 0.3) is 0 Å². The quantitative estimate of drug-likeness (QED) is 0.851. The zero-order valence-corrected chi connectivity index (χ0v) is 10.2. The molecule has 0 spiro atoms. The lowest BCUT2D eigenvalue weighted by Crippen LogP contribution is -2.09. The molecule has 0 bridgehead atoms. The predicted octanol–water partition coefficient (Wildman–Crippen LogP) is 3.01. The van der Waals surface area contributed by atoms with Crippen LogP contribution in [0.1, 0.15) is 43.7 Å². The molecule has 1 aromatic carbocycles. The summed E-state index contributed by atoms with van der Waals surface area (Å²) < 4.78 is 5.19. The summed E-state index contributed by atoms with van der Waals surface area (Å²) in [5.74, 6) is -0.363. The molecular weight excluding hydrogens is 204 g/mol. The summed E-state index contributed by atoms with van der Waals surface area (Å²) in [6.07, 6.45) is 0. The van der Waals surface area contributed by atoms with Crippen molar-refractivity contribution in [3.63, 3.8) is 0 Å². The summed E-state index contributed by atoms with van der Waals surface area (Å²) in [6, 6.07) is 5.73. The van der Waals surface area contributed by atoms with E-state index in [0.717, 1.165) is 11.1 Å². The molecular formula is C13H18O3. The van der Waals surface area contributed by atoms with Crippen molar-refractivity contribution in [3.05, 3.63) is 29.3 Å². The van der Waals surface area contributed by atoms with E-state index in [-0.39, 0.29) is 0 Å². The molecule has 0 saturated heterocycles. The molecule has 0 aliphatic heterocycles. The van der Waals surface area contributed by atoms with E-state index in [1.165, 1.54) is 0 Å². The second-order valence-electron chi connectivity index (χ2n) is 4.22. The van der Waals surface area contributed by atoms with E-state index in [1.807, 2.05) is 18.2 Å². The van der Waals surface area contributed by atoms with Crippen LogP contribution in [-0.2, 0) is 4.79 Å². The van der Waals surface area contributed by atoms with Gasteiger partial charge in [-0.15, -0.1) is 0 Å². The van der Waals surface area contributed by atoms with Gasteiger partial charge in [-0.25, -0.2) is 0 Å². The summed E-state index contributed by atoms with van der Waals surface area (Å²) in [4.78, 5) is 11.0. The zero-order chi connectivity index (χ0) is 12.3. The van der Waals surface area contributed by atoms with Crippen molar-refractivity contribution in [2.45, 2.75) is 32.6 Å². The van der Waals surface area contributed by atoms with Crippen molar-refractivity contribution < 1.29 is 14.6 Å². The van der Waals surface area contributed by atoms with Gasteiger partial charge in [-0.2, -0.15) is 0 Å². The van der Waals surface area contributed by atoms with Gasteiger partial charge in [0.15, 0.2) is 0 Å². The van der Waals surface area contributed by atoms with Gasteiger partial charge in [0.2, 0.25) is 0 Å². The maximum Gasteiger partial charge on any atom is 0.310 e. The van der Waals surface area contributed by atoms with E-state index in [9.17, 15) is 4.79 Å². The molecule has 1 aromatic rings. The number of carboxylic acids is 1. The molecule has 3 heteroatoms. The van der Waals surface area contributed by atoms with E-state index in [2.05, 4.69) is 13.8 Å². The Labute approximate surface area is 96.1 Å². The highest BCUT2D eigenvalue weighted by atomic mass is 16.5. The molecule has 16 heavy (non-hydrogen) atoms. The normalized spacial score (nSPS) is 12.6. The number of carbonyl (C=O) groups is 1. The first-order chi connectivity index (χ1) is 7.47. The number of methoxy groups -OCH3 is 1. The van der Waals surface area contributed by atoms with Crippen LogP contribution in [0, 0.1) is 0 Å². The molecule has 3 nitrogen and oxygen atoms in total. The van der Waals surface area contributed by atoms with Crippen LogP contribution in [0.25, 0.3) is 0 Å². The fraction of sp³-hybridized carbons (Fsp3) is 0.462. The second-order valence-corrected chi connectivity index (χ2v) is 4.22. The fourth-order valence-electron chi connectivity index (χ4n) is 1.58. The van der Waals surface area contributed by atoms with Crippen LogP contribution in [0.15, 0.2) is 18.2 Å². The highest BCUT2D eigenvalue weighted by molar-refractivity contribution is 5.76. The Hall–Kier alpha value is -1.51. The van der Waals surface area contributed by atoms with Crippen molar-refractivity contribution in [2.24, 2.45) is 0 Å². The molecule has 0 aliphatic carbocycles. The molecule has 1 N–H and O–H groups in total. The number of hydrogen-bond donors (Lipinski definition) is 1. The van der Waals surface area contributed by atoms with E-state index in [0.29, 0.717) is 11.7 Å². The minimum atomic E-state index is -0.834. The van der Waals surface area contributed by atoms with E-state index in [4.69, 9.17) is 9.84 Å². The van der Waals surface area contributed by atoms with Gasteiger partial charge < -0.3 is 9.84 Å². The van der Waals surface area contributed by atoms with Crippen molar-refractivity contribution in [1.82, 2.24) is 0 Å². The van der Waals surface area contributed by atoms with Gasteiger partial charge in [0, 0.05) is 5.56 Å². The third-order valence-electron chi connectivity index (χ3n) is 2.76. The number of rotatable bonds is 4. The van der Waals surface area contributed by atoms with Gasteiger partial charge in [0.1, 0.15) is 5.75 Å². The van der Waals surface area contributed by atoms with Crippen LogP contribution in [0.2, 0.25) is 0 Å². The first-order valence-electron chi connectivity index (χ1n) is 5.38. The fourth-order valence-corrected chi connectivity index (χ4v) is 1.58. The maximum absolute atomic E-state index is 11.0. The molecule has 0 saturated carbocycles. The predicted molar refractivity (Wildman–Crippen MR) is 63.1 cm³/mol. The highest BCUT2D eigenvalue weighted by Gasteiger charge is 2.19. The van der Waals surface area contributed by atoms with E-state index >= 15 is 0 Å². The number of aliphatic carboxylic acids is 1. The summed E-state index contributed by atoms with van der Waals surface area (Å²) in [5, 5.41) is 9.03. The minimum Gasteiger partial charge on any atom is -0.496 e. The van der Waals surface area contributed by atoms with E-state index < -0.39 is 11.9 Å². The van der Waals surface area contributed by atoms with Crippen LogP contribution in [-0.4, -0.2) is 18.2 Å². The Morgan fingerprint density at radius 1 is 1.31 bits per heavy atom. The highest BCUT2D eigenvalue weighted by Crippen LogP contribution is 2.30. The smallest absolute Gasteiger partial charge is 0.310 e. The van der Waals surface area contributed by atoms with Crippen molar-refractivity contribution in [1.29, 1.82) is 0 Å². The lowest BCUT2D eigenvalue weighted by molar-refractivity contribution is -0.138. The van der Waals surface area contributed by atoms with Crippen LogP contribution in [0.4, 0.5) is 0 Å². The van der Waals surface area contributed by atoms with E-state index in [1.54, 1.807) is 14.0 Å². The monoisotopic (exact) mass is 222 g/mol. The van der Waals surface area contributed by atoms with Gasteiger partial charge >= 0.3 is 5.97 Å². The zero-order valence-electron chi connectivity index (χ0n) is 10.2. The van der Waals surface area contributed by atoms with Gasteiger partial charge in [-0.1, -0.05) is 26.0 Å². The molecule has 88 valence electrons. The first-order valence-corrected chi connectivity index (χ1v) is 5.38. The second kappa shape index (κ2) is 5.01. The van der Waals surface area contributed by atoms with Crippen molar-refractivity contribution in [2.75, 3.05) is 7.11 Å². The van der Waals surface area contributed by atoms with Crippen molar-refractivity contribution >= 4 is 5.97 Å². The van der Waals surface area contributed by atoms with Crippen LogP contribution < -0.4 is 4.74 Å². The lowest BCUT2D eigenvalue weighted by Gasteiger charge is -2.15. The third-order valence-corrected chi connectivity index (χ3v) is 2.76. The summed E-state index contributed by atoms with van der Waals surface area (Å²) in [5.41, 5.74) is 1.87. The standard InChI is InChI=1S/C13H18O3/c1-8(2)10-5-6-12(16-4)11(7-10)9(3)13(14)15/h5-9H,1-4H3,(H,14,15). The molecule has 0 amide bonds. The molecule has 1 unspecified atom stereocenters. The minimum absolute atomic E-state index is 0.380. The number of hydrogen-bond acceptors (Lipinski definition) is 2. The molecule has 0 radical (unpaired) electrons. The Kier molecular flexibility index (Phi) is 3.93. The van der Waals surface area contributed by atoms with Crippen LogP contribution in [0.5, 0.6) is 5.75 Å². The lowest BCUT2D eigenvalue weighted by atomic mass is 9.94. The Morgan fingerprint density at radius 3 is 2.38 bits per heavy atom. The molecule has 0 fully saturated rings. The number of ether oxygens (including phenoxy) is 1. The van der Waals surface area contributed by atoms with Gasteiger partial charge in [-0.05, 0) is 24.5 Å².